The molecule has 3 aromatic heterocycles. The molecular formula is C25H29N7O2S2. The van der Waals surface area contributed by atoms with Crippen molar-refractivity contribution in [2.75, 3.05) is 36.9 Å². The predicted molar refractivity (Wildman–Crippen MR) is 148 cm³/mol. The summed E-state index contributed by atoms with van der Waals surface area (Å²) in [6.07, 6.45) is 11.4. The van der Waals surface area contributed by atoms with Crippen LogP contribution >= 0.6 is 21.4 Å². The van der Waals surface area contributed by atoms with Crippen LogP contribution in [-0.2, 0) is 4.79 Å². The monoisotopic (exact) mass is 523 g/mol. The number of anilines is 2. The summed E-state index contributed by atoms with van der Waals surface area (Å²) >= 11 is 1.46. The first kappa shape index (κ1) is 24.3. The first-order valence-corrected chi connectivity index (χ1v) is 15.3. The molecule has 11 heteroatoms. The van der Waals surface area contributed by atoms with Crippen LogP contribution in [0.5, 0.6) is 5.75 Å². The molecule has 1 aliphatic carbocycles. The Morgan fingerprint density at radius 3 is 2.67 bits per heavy atom. The number of nitrogen functional groups attached to an aromatic ring is 1. The minimum atomic E-state index is -1.01. The minimum Gasteiger partial charge on any atom is -0.494 e. The largest absolute Gasteiger partial charge is 0.494 e. The Bertz CT molecular complexity index is 1500. The van der Waals surface area contributed by atoms with Crippen LogP contribution in [0.4, 0.5) is 10.9 Å². The third kappa shape index (κ3) is 4.96. The van der Waals surface area contributed by atoms with Crippen LogP contribution in [0.15, 0.2) is 24.5 Å². The quantitative estimate of drug-likeness (QED) is 0.380. The predicted octanol–water partition coefficient (Wildman–Crippen LogP) is 4.40. The summed E-state index contributed by atoms with van der Waals surface area (Å²) in [5, 5.41) is 6.86. The SMILES string of the molecule is COc1cccc2sc(NC(=O)C3CCC(n4cnc5c(N)nc(C#CS(C)(C)C)nc54)CC3)nc12. The Balaban J connectivity index is 1.28. The fourth-order valence-electron chi connectivity index (χ4n) is 4.43. The molecule has 3 N–H and O–H groups in total. The summed E-state index contributed by atoms with van der Waals surface area (Å²) < 4.78 is 8.43. The lowest BCUT2D eigenvalue weighted by molar-refractivity contribution is -0.120. The number of rotatable bonds is 4. The number of nitrogens with two attached hydrogens (primary N) is 1. The van der Waals surface area contributed by atoms with Gasteiger partial charge >= 0.3 is 0 Å². The van der Waals surface area contributed by atoms with E-state index in [1.54, 1.807) is 13.4 Å². The van der Waals surface area contributed by atoms with Gasteiger partial charge in [-0.2, -0.15) is 10.0 Å². The molecule has 4 aromatic rings. The molecule has 5 rings (SSSR count). The second-order valence-electron chi connectivity index (χ2n) is 9.64. The van der Waals surface area contributed by atoms with Crippen LogP contribution in [0.3, 0.4) is 0 Å². The molecule has 0 bridgehead atoms. The summed E-state index contributed by atoms with van der Waals surface area (Å²) in [6.45, 7) is 0. The Labute approximate surface area is 215 Å². The Kier molecular flexibility index (Phi) is 6.49. The standard InChI is InChI=1S/C25H29N7O2S2/c1-34-17-6-5-7-18-20(17)30-25(35-18)31-24(33)15-8-10-16(11-9-15)32-14-27-21-22(26)28-19(29-23(21)32)12-13-36(2,3)4/h5-7,14-16H,8-11H2,1-4H3,(H2,26,28,29)(H,30,31,33). The van der Waals surface area contributed by atoms with Gasteiger partial charge < -0.3 is 20.4 Å². The summed E-state index contributed by atoms with van der Waals surface area (Å²) in [5.74, 6) is 4.48. The molecule has 0 atom stereocenters. The third-order valence-corrected chi connectivity index (χ3v) is 7.86. The molecule has 1 aliphatic rings. The highest BCUT2D eigenvalue weighted by molar-refractivity contribution is 8.35. The van der Waals surface area contributed by atoms with Crippen molar-refractivity contribution in [3.8, 4) is 16.9 Å². The lowest BCUT2D eigenvalue weighted by atomic mass is 9.85. The van der Waals surface area contributed by atoms with Crippen LogP contribution < -0.4 is 15.8 Å². The molecule has 9 nitrogen and oxygen atoms in total. The maximum Gasteiger partial charge on any atom is 0.229 e. The van der Waals surface area contributed by atoms with Crippen molar-refractivity contribution in [2.24, 2.45) is 5.92 Å². The Hall–Kier alpha value is -3.36. The van der Waals surface area contributed by atoms with Gasteiger partial charge in [0.05, 0.1) is 18.1 Å². The van der Waals surface area contributed by atoms with Crippen molar-refractivity contribution >= 4 is 59.6 Å². The van der Waals surface area contributed by atoms with Gasteiger partial charge in [0.25, 0.3) is 0 Å². The number of para-hydroxylation sites is 1. The molecule has 0 radical (unpaired) electrons. The van der Waals surface area contributed by atoms with E-state index >= 15 is 0 Å². The number of nitrogens with zero attached hydrogens (tertiary/aromatic N) is 5. The molecule has 0 spiro atoms. The average Bonchev–Trinajstić information content (AvgIpc) is 3.46. The maximum atomic E-state index is 13.0. The van der Waals surface area contributed by atoms with Gasteiger partial charge in [0, 0.05) is 12.0 Å². The van der Waals surface area contributed by atoms with Crippen molar-refractivity contribution < 1.29 is 9.53 Å². The number of carbonyl (C=O) groups is 1. The summed E-state index contributed by atoms with van der Waals surface area (Å²) in [5.41, 5.74) is 8.23. The molecule has 1 amide bonds. The van der Waals surface area contributed by atoms with Crippen LogP contribution in [0.25, 0.3) is 21.4 Å². The zero-order valence-electron chi connectivity index (χ0n) is 20.7. The van der Waals surface area contributed by atoms with Crippen molar-refractivity contribution in [1.82, 2.24) is 24.5 Å². The van der Waals surface area contributed by atoms with E-state index in [4.69, 9.17) is 10.5 Å². The lowest BCUT2D eigenvalue weighted by Crippen LogP contribution is -2.28. The summed E-state index contributed by atoms with van der Waals surface area (Å²) in [6, 6.07) is 5.96. The van der Waals surface area contributed by atoms with E-state index in [9.17, 15) is 4.79 Å². The third-order valence-electron chi connectivity index (χ3n) is 6.21. The van der Waals surface area contributed by atoms with Gasteiger partial charge in [-0.05, 0) is 67.8 Å². The molecular weight excluding hydrogens is 494 g/mol. The molecule has 1 aromatic carbocycles. The number of imidazole rings is 1. The number of amides is 1. The van der Waals surface area contributed by atoms with Gasteiger partial charge in [0.2, 0.25) is 11.7 Å². The number of hydrogen-bond acceptors (Lipinski definition) is 8. The lowest BCUT2D eigenvalue weighted by Gasteiger charge is -2.28. The molecule has 0 saturated heterocycles. The second-order valence-corrected chi connectivity index (χ2v) is 14.6. The topological polar surface area (TPSA) is 121 Å². The van der Waals surface area contributed by atoms with Gasteiger partial charge in [-0.25, -0.2) is 19.9 Å². The molecule has 0 aliphatic heterocycles. The van der Waals surface area contributed by atoms with Crippen LogP contribution in [0.2, 0.25) is 0 Å². The number of benzene rings is 1. The van der Waals surface area contributed by atoms with E-state index in [0.717, 1.165) is 35.9 Å². The van der Waals surface area contributed by atoms with E-state index in [2.05, 4.69) is 59.8 Å². The van der Waals surface area contributed by atoms with Crippen LogP contribution in [0.1, 0.15) is 37.5 Å². The zero-order valence-corrected chi connectivity index (χ0v) is 22.4. The fraction of sp³-hybridized carbons (Fsp3) is 0.400. The number of methoxy groups -OCH3 is 1. The average molecular weight is 524 g/mol. The van der Waals surface area contributed by atoms with Gasteiger partial charge in [-0.15, -0.1) is 0 Å². The van der Waals surface area contributed by atoms with Crippen molar-refractivity contribution in [3.05, 3.63) is 30.4 Å². The van der Waals surface area contributed by atoms with Crippen molar-refractivity contribution in [1.29, 1.82) is 0 Å². The highest BCUT2D eigenvalue weighted by atomic mass is 32.3. The van der Waals surface area contributed by atoms with E-state index < -0.39 is 10.0 Å². The highest BCUT2D eigenvalue weighted by Gasteiger charge is 2.29. The first-order valence-electron chi connectivity index (χ1n) is 11.7. The fourth-order valence-corrected chi connectivity index (χ4v) is 5.71. The Morgan fingerprint density at radius 1 is 1.17 bits per heavy atom. The zero-order chi connectivity index (χ0) is 25.4. The van der Waals surface area contributed by atoms with Crippen LogP contribution in [0, 0.1) is 17.1 Å². The normalized spacial score (nSPS) is 18.6. The molecule has 36 heavy (non-hydrogen) atoms. The number of ether oxygens (including phenoxy) is 1. The highest BCUT2D eigenvalue weighted by Crippen LogP contribution is 2.37. The molecule has 3 heterocycles. The van der Waals surface area contributed by atoms with Gasteiger partial charge in [0.15, 0.2) is 16.6 Å². The number of aromatic nitrogens is 5. The molecule has 0 unspecified atom stereocenters. The Morgan fingerprint density at radius 2 is 1.94 bits per heavy atom. The maximum absolute atomic E-state index is 13.0. The van der Waals surface area contributed by atoms with E-state index in [1.807, 2.05) is 18.2 Å². The van der Waals surface area contributed by atoms with Gasteiger partial charge in [-0.3, -0.25) is 4.79 Å². The van der Waals surface area contributed by atoms with E-state index in [-0.39, 0.29) is 17.9 Å². The smallest absolute Gasteiger partial charge is 0.229 e. The van der Waals surface area contributed by atoms with E-state index in [1.165, 1.54) is 11.3 Å². The number of thiazole rings is 1. The van der Waals surface area contributed by atoms with Crippen molar-refractivity contribution in [3.63, 3.8) is 0 Å². The molecule has 1 saturated carbocycles. The summed E-state index contributed by atoms with van der Waals surface area (Å²) in [7, 11) is 0.614. The number of hydrogen-bond donors (Lipinski definition) is 2. The van der Waals surface area contributed by atoms with Crippen molar-refractivity contribution in [2.45, 2.75) is 31.7 Å². The number of carbonyl (C=O) groups excluding carboxylic acids is 1. The first-order chi connectivity index (χ1) is 17.2. The molecule has 188 valence electrons. The summed E-state index contributed by atoms with van der Waals surface area (Å²) in [4.78, 5) is 31.0. The number of nitrogens with one attached hydrogen (secondary N) is 1. The second kappa shape index (κ2) is 9.59. The van der Waals surface area contributed by atoms with Gasteiger partial charge in [-0.1, -0.05) is 17.4 Å². The number of fused-ring (bicyclic) bond motifs is 2. The van der Waals surface area contributed by atoms with Crippen LogP contribution in [-0.4, -0.2) is 56.3 Å². The minimum absolute atomic E-state index is 0.00997. The van der Waals surface area contributed by atoms with E-state index in [0.29, 0.717) is 33.7 Å². The molecule has 1 fully saturated rings. The van der Waals surface area contributed by atoms with Gasteiger partial charge in [0.1, 0.15) is 16.8 Å².